The van der Waals surface area contributed by atoms with Gasteiger partial charge in [0.2, 0.25) is 0 Å². The van der Waals surface area contributed by atoms with Crippen molar-refractivity contribution in [1.29, 1.82) is 0 Å². The van der Waals surface area contributed by atoms with E-state index in [1.807, 2.05) is 30.3 Å². The summed E-state index contributed by atoms with van der Waals surface area (Å²) in [5, 5.41) is 0. The summed E-state index contributed by atoms with van der Waals surface area (Å²) in [5.41, 5.74) is 14.5. The van der Waals surface area contributed by atoms with E-state index < -0.39 is 21.3 Å². The van der Waals surface area contributed by atoms with Gasteiger partial charge in [0.1, 0.15) is 24.5 Å². The minimum Gasteiger partial charge on any atom is -0.492 e. The molecule has 4 N–H and O–H groups in total. The van der Waals surface area contributed by atoms with Crippen LogP contribution in [0.1, 0.15) is 36.5 Å². The van der Waals surface area contributed by atoms with Crippen molar-refractivity contribution in [2.75, 3.05) is 44.5 Å². The molecule has 0 saturated heterocycles. The van der Waals surface area contributed by atoms with Crippen LogP contribution >= 0.6 is 0 Å². The van der Waals surface area contributed by atoms with Gasteiger partial charge in [-0.1, -0.05) is 42.5 Å². The van der Waals surface area contributed by atoms with Crippen molar-refractivity contribution in [1.82, 2.24) is 0 Å². The van der Waals surface area contributed by atoms with Gasteiger partial charge in [-0.3, -0.25) is 4.79 Å². The lowest BCUT2D eigenvalue weighted by molar-refractivity contribution is -0.150. The Bertz CT molecular complexity index is 1150. The molecule has 0 aromatic heterocycles. The van der Waals surface area contributed by atoms with Crippen LogP contribution in [0.4, 0.5) is 0 Å². The molecule has 8 nitrogen and oxygen atoms in total. The first-order chi connectivity index (χ1) is 17.2. The van der Waals surface area contributed by atoms with E-state index in [1.54, 1.807) is 0 Å². The van der Waals surface area contributed by atoms with Gasteiger partial charge in [0.05, 0.1) is 24.7 Å². The summed E-state index contributed by atoms with van der Waals surface area (Å²) in [4.78, 5) is 11.7. The number of hydrogen-bond donors (Lipinski definition) is 2. The summed E-state index contributed by atoms with van der Waals surface area (Å²) in [6, 6.07) is 16.2. The quantitative estimate of drug-likeness (QED) is 0.307. The predicted octanol–water partition coefficient (Wildman–Crippen LogP) is 2.59. The highest BCUT2D eigenvalue weighted by Gasteiger charge is 2.28. The van der Waals surface area contributed by atoms with Crippen molar-refractivity contribution in [2.45, 2.75) is 31.7 Å². The molecule has 0 bridgehead atoms. The molecule has 0 radical (unpaired) electrons. The van der Waals surface area contributed by atoms with Crippen LogP contribution in [0.25, 0.3) is 11.6 Å². The second-order valence-corrected chi connectivity index (χ2v) is 11.4. The average molecular weight is 517 g/mol. The van der Waals surface area contributed by atoms with E-state index in [-0.39, 0.29) is 44.5 Å². The molecule has 1 aliphatic carbocycles. The molecule has 2 aromatic carbocycles. The van der Waals surface area contributed by atoms with Gasteiger partial charge in [-0.15, -0.1) is 0 Å². The third kappa shape index (κ3) is 8.16. The van der Waals surface area contributed by atoms with Gasteiger partial charge in [0.25, 0.3) is 0 Å². The van der Waals surface area contributed by atoms with E-state index in [1.165, 1.54) is 23.6 Å². The zero-order valence-electron chi connectivity index (χ0n) is 20.8. The molecule has 0 amide bonds. The summed E-state index contributed by atoms with van der Waals surface area (Å²) < 4.78 is 41.1. The summed E-state index contributed by atoms with van der Waals surface area (Å²) in [6.45, 7) is 1.55. The van der Waals surface area contributed by atoms with Gasteiger partial charge in [-0.2, -0.15) is 0 Å². The zero-order chi connectivity index (χ0) is 26.0. The lowest BCUT2D eigenvalue weighted by Crippen LogP contribution is -2.52. The molecule has 1 unspecified atom stereocenters. The molecule has 0 aliphatic heterocycles. The summed E-state index contributed by atoms with van der Waals surface area (Å²) in [5.74, 6) is -0.192. The molecule has 3 rings (SSSR count). The number of allylic oxidation sites excluding steroid dienone is 1. The number of ether oxygens (including phenoxy) is 3. The highest BCUT2D eigenvalue weighted by molar-refractivity contribution is 7.91. The van der Waals surface area contributed by atoms with E-state index >= 15 is 0 Å². The highest BCUT2D eigenvalue weighted by atomic mass is 32.2. The smallest absolute Gasteiger partial charge is 0.327 e. The van der Waals surface area contributed by atoms with E-state index in [0.717, 1.165) is 24.8 Å². The van der Waals surface area contributed by atoms with Gasteiger partial charge in [0, 0.05) is 12.1 Å². The molecule has 1 atom stereocenters. The Kier molecular flexibility index (Phi) is 10.1. The van der Waals surface area contributed by atoms with Crippen molar-refractivity contribution in [3.63, 3.8) is 0 Å². The molecular formula is C27H36N2O6S. The number of aryl methyl sites for hydroxylation is 1. The van der Waals surface area contributed by atoms with E-state index in [0.29, 0.717) is 5.75 Å². The maximum Gasteiger partial charge on any atom is 0.327 e. The fourth-order valence-corrected chi connectivity index (χ4v) is 4.72. The maximum absolute atomic E-state index is 12.4. The second-order valence-electron chi connectivity index (χ2n) is 9.09. The molecular weight excluding hydrogens is 480 g/mol. The Hall–Kier alpha value is -2.72. The molecule has 9 heteroatoms. The molecule has 2 aromatic rings. The first-order valence-electron chi connectivity index (χ1n) is 12.2. The van der Waals surface area contributed by atoms with E-state index in [2.05, 4.69) is 24.3 Å². The van der Waals surface area contributed by atoms with Gasteiger partial charge < -0.3 is 25.7 Å². The largest absolute Gasteiger partial charge is 0.492 e. The third-order valence-electron chi connectivity index (χ3n) is 6.05. The summed E-state index contributed by atoms with van der Waals surface area (Å²) >= 11 is 0. The molecule has 36 heavy (non-hydrogen) atoms. The van der Waals surface area contributed by atoms with Gasteiger partial charge in [-0.25, -0.2) is 8.42 Å². The first kappa shape index (κ1) is 27.9. The lowest BCUT2D eigenvalue weighted by atomic mass is 10.0. The van der Waals surface area contributed by atoms with Crippen molar-refractivity contribution in [2.24, 2.45) is 11.5 Å². The van der Waals surface area contributed by atoms with Crippen molar-refractivity contribution in [3.05, 3.63) is 65.2 Å². The Morgan fingerprint density at radius 3 is 2.47 bits per heavy atom. The van der Waals surface area contributed by atoms with Crippen molar-refractivity contribution in [3.8, 4) is 5.75 Å². The van der Waals surface area contributed by atoms with Crippen LogP contribution in [-0.4, -0.2) is 64.4 Å². The lowest BCUT2D eigenvalue weighted by Gasteiger charge is -2.19. The van der Waals surface area contributed by atoms with Crippen LogP contribution in [0.5, 0.6) is 5.75 Å². The summed E-state index contributed by atoms with van der Waals surface area (Å²) in [7, 11) is -3.37. The van der Waals surface area contributed by atoms with E-state index in [4.69, 9.17) is 25.7 Å². The minimum absolute atomic E-state index is 0.000570. The van der Waals surface area contributed by atoms with Crippen LogP contribution in [0.2, 0.25) is 0 Å². The van der Waals surface area contributed by atoms with Crippen LogP contribution in [0, 0.1) is 0 Å². The number of fused-ring (bicyclic) bond motifs is 1. The van der Waals surface area contributed by atoms with Crippen molar-refractivity contribution >= 4 is 27.5 Å². The van der Waals surface area contributed by atoms with Crippen molar-refractivity contribution < 1.29 is 27.4 Å². The number of hydrogen-bond acceptors (Lipinski definition) is 8. The fourth-order valence-electron chi connectivity index (χ4n) is 3.80. The predicted molar refractivity (Wildman–Crippen MR) is 141 cm³/mol. The van der Waals surface area contributed by atoms with Crippen LogP contribution in [-0.2, 0) is 30.5 Å². The first-order valence-corrected chi connectivity index (χ1v) is 14.0. The highest BCUT2D eigenvalue weighted by Crippen LogP contribution is 2.34. The number of nitrogens with two attached hydrogens (primary N) is 2. The van der Waals surface area contributed by atoms with Crippen LogP contribution in [0.3, 0.4) is 0 Å². The topological polar surface area (TPSA) is 131 Å². The minimum atomic E-state index is -3.37. The maximum atomic E-state index is 12.4. The standard InChI is InChI=1S/C27H36N2O6S/c1-27(29,20-28)26(30)35-14-13-33-15-17-36(31,32)18-16-34-25-12-6-10-22-9-5-11-23(19-24(22)25)21-7-3-2-4-8-21/h2-4,6-8,10,12,19H,5,9,11,13-18,20,28-29H2,1H3. The second kappa shape index (κ2) is 13.0. The number of carbonyl (C=O) groups excluding carboxylic acids is 1. The average Bonchev–Trinajstić information content (AvgIpc) is 3.09. The molecule has 196 valence electrons. The van der Waals surface area contributed by atoms with Crippen LogP contribution < -0.4 is 16.2 Å². The molecule has 0 heterocycles. The Balaban J connectivity index is 1.48. The number of esters is 1. The Morgan fingerprint density at radius 2 is 1.72 bits per heavy atom. The Morgan fingerprint density at radius 1 is 0.972 bits per heavy atom. The Labute approximate surface area is 213 Å². The normalized spacial score (nSPS) is 15.2. The van der Waals surface area contributed by atoms with Gasteiger partial charge in [0.15, 0.2) is 9.84 Å². The molecule has 0 fully saturated rings. The molecule has 0 saturated carbocycles. The van der Waals surface area contributed by atoms with Gasteiger partial charge in [-0.05, 0) is 55.0 Å². The van der Waals surface area contributed by atoms with E-state index in [9.17, 15) is 13.2 Å². The zero-order valence-corrected chi connectivity index (χ0v) is 21.6. The number of benzene rings is 2. The molecule has 0 spiro atoms. The fraction of sp³-hybridized carbons (Fsp3) is 0.444. The van der Waals surface area contributed by atoms with Crippen LogP contribution in [0.15, 0.2) is 48.5 Å². The number of sulfone groups is 1. The SMILES string of the molecule is CC(N)(CN)C(=O)OCCOCCS(=O)(=O)CCOc1cccc2c1C=C(c1ccccc1)CCC2. The summed E-state index contributed by atoms with van der Waals surface area (Å²) in [6.07, 6.45) is 5.14. The third-order valence-corrected chi connectivity index (χ3v) is 7.63. The number of rotatable bonds is 13. The molecule has 1 aliphatic rings. The monoisotopic (exact) mass is 516 g/mol. The number of carbonyl (C=O) groups is 1. The van der Waals surface area contributed by atoms with Gasteiger partial charge >= 0.3 is 5.97 Å².